The van der Waals surface area contributed by atoms with Crippen LogP contribution in [0.5, 0.6) is 5.75 Å². The normalized spacial score (nSPS) is 10.6. The minimum atomic E-state index is -0.528. The molecule has 0 fully saturated rings. The van der Waals surface area contributed by atoms with E-state index in [-0.39, 0.29) is 18.8 Å². The Morgan fingerprint density at radius 2 is 2.08 bits per heavy atom. The highest BCUT2D eigenvalue weighted by Gasteiger charge is 2.08. The van der Waals surface area contributed by atoms with Crippen LogP contribution in [0.4, 0.5) is 0 Å². The number of carbonyl (C=O) groups excluding carboxylic acids is 1. The largest absolute Gasteiger partial charge is 0.482 e. The first-order chi connectivity index (χ1) is 12.0. The van der Waals surface area contributed by atoms with Gasteiger partial charge in [-0.1, -0.05) is 12.1 Å². The summed E-state index contributed by atoms with van der Waals surface area (Å²) in [5, 5.41) is 0. The zero-order valence-corrected chi connectivity index (χ0v) is 15.0. The van der Waals surface area contributed by atoms with Crippen LogP contribution < -0.4 is 10.3 Å². The quantitative estimate of drug-likeness (QED) is 0.613. The van der Waals surface area contributed by atoms with E-state index in [2.05, 4.69) is 20.9 Å². The number of carbonyl (C=O) groups is 1. The van der Waals surface area contributed by atoms with Crippen molar-refractivity contribution in [3.8, 4) is 5.75 Å². The highest BCUT2D eigenvalue weighted by atomic mass is 79.9. The zero-order chi connectivity index (χ0) is 17.8. The second kappa shape index (κ2) is 7.48. The van der Waals surface area contributed by atoms with Crippen molar-refractivity contribution in [1.29, 1.82) is 0 Å². The van der Waals surface area contributed by atoms with Gasteiger partial charge < -0.3 is 9.47 Å². The number of aryl methyl sites for hydroxylation is 1. The van der Waals surface area contributed by atoms with E-state index in [1.165, 1.54) is 10.5 Å². The first-order valence-corrected chi connectivity index (χ1v) is 8.33. The smallest absolute Gasteiger partial charge is 0.344 e. The Hall–Kier alpha value is -2.67. The number of esters is 1. The highest BCUT2D eigenvalue weighted by Crippen LogP contribution is 2.12. The number of halogens is 1. The number of hydrogen-bond acceptors (Lipinski definition) is 5. The zero-order valence-electron chi connectivity index (χ0n) is 13.4. The number of rotatable bonds is 5. The topological polar surface area (TPSA) is 69.9 Å². The summed E-state index contributed by atoms with van der Waals surface area (Å²) < 4.78 is 12.7. The lowest BCUT2D eigenvalue weighted by Gasteiger charge is -2.08. The van der Waals surface area contributed by atoms with E-state index in [9.17, 15) is 9.59 Å². The second-order valence-corrected chi connectivity index (χ2v) is 6.34. The summed E-state index contributed by atoms with van der Waals surface area (Å²) in [7, 11) is 0. The van der Waals surface area contributed by atoms with Gasteiger partial charge in [-0.25, -0.2) is 9.78 Å². The van der Waals surface area contributed by atoms with E-state index in [0.29, 0.717) is 17.1 Å². The molecule has 25 heavy (non-hydrogen) atoms. The first kappa shape index (κ1) is 17.2. The van der Waals surface area contributed by atoms with Gasteiger partial charge in [0.05, 0.1) is 5.69 Å². The molecule has 0 atom stereocenters. The van der Waals surface area contributed by atoms with Gasteiger partial charge in [0.2, 0.25) is 0 Å². The number of benzene rings is 1. The fraction of sp³-hybridized carbons (Fsp3) is 0.167. The first-order valence-electron chi connectivity index (χ1n) is 7.54. The molecule has 0 aliphatic rings. The van der Waals surface area contributed by atoms with E-state index in [0.717, 1.165) is 10.0 Å². The van der Waals surface area contributed by atoms with Crippen LogP contribution >= 0.6 is 15.9 Å². The lowest BCUT2D eigenvalue weighted by Crippen LogP contribution is -2.18. The summed E-state index contributed by atoms with van der Waals surface area (Å²) in [6.45, 7) is 1.65. The third-order valence-corrected chi connectivity index (χ3v) is 3.87. The van der Waals surface area contributed by atoms with E-state index in [1.807, 2.05) is 25.1 Å². The number of ether oxygens (including phenoxy) is 2. The molecule has 0 bridgehead atoms. The van der Waals surface area contributed by atoms with Crippen molar-refractivity contribution >= 4 is 27.5 Å². The van der Waals surface area contributed by atoms with Gasteiger partial charge in [-0.3, -0.25) is 9.20 Å². The van der Waals surface area contributed by atoms with Crippen LogP contribution in [0.3, 0.4) is 0 Å². The van der Waals surface area contributed by atoms with Crippen molar-refractivity contribution in [3.05, 3.63) is 74.7 Å². The van der Waals surface area contributed by atoms with Gasteiger partial charge in [-0.15, -0.1) is 0 Å². The molecule has 0 radical (unpaired) electrons. The molecular weight excluding hydrogens is 388 g/mol. The predicted octanol–water partition coefficient (Wildman–Crippen LogP) is 2.89. The van der Waals surface area contributed by atoms with Crippen LogP contribution in [0.25, 0.3) is 5.65 Å². The third-order valence-electron chi connectivity index (χ3n) is 3.40. The fourth-order valence-corrected chi connectivity index (χ4v) is 2.58. The molecule has 0 N–H and O–H groups in total. The predicted molar refractivity (Wildman–Crippen MR) is 95.6 cm³/mol. The molecule has 6 nitrogen and oxygen atoms in total. The van der Waals surface area contributed by atoms with Gasteiger partial charge >= 0.3 is 5.97 Å². The van der Waals surface area contributed by atoms with Crippen LogP contribution in [0, 0.1) is 6.92 Å². The molecule has 7 heteroatoms. The summed E-state index contributed by atoms with van der Waals surface area (Å²) in [5.74, 6) is 0.0731. The van der Waals surface area contributed by atoms with Crippen molar-refractivity contribution in [3.63, 3.8) is 0 Å². The number of nitrogens with zero attached hydrogens (tertiary/aromatic N) is 2. The molecule has 0 unspecified atom stereocenters. The molecule has 128 valence electrons. The highest BCUT2D eigenvalue weighted by molar-refractivity contribution is 9.10. The molecule has 0 aliphatic heterocycles. The van der Waals surface area contributed by atoms with E-state index in [1.54, 1.807) is 24.4 Å². The molecule has 2 aromatic heterocycles. The Bertz CT molecular complexity index is 984. The molecule has 0 saturated carbocycles. The Morgan fingerprint density at radius 3 is 2.88 bits per heavy atom. The van der Waals surface area contributed by atoms with Crippen molar-refractivity contribution in [2.24, 2.45) is 0 Å². The van der Waals surface area contributed by atoms with Crippen molar-refractivity contribution in [2.75, 3.05) is 6.61 Å². The van der Waals surface area contributed by atoms with Crippen LogP contribution in [0.15, 0.2) is 57.9 Å². The number of fused-ring (bicyclic) bond motifs is 1. The van der Waals surface area contributed by atoms with E-state index in [4.69, 9.17) is 9.47 Å². The lowest BCUT2D eigenvalue weighted by atomic mass is 10.2. The Balaban J connectivity index is 1.61. The maximum absolute atomic E-state index is 12.1. The van der Waals surface area contributed by atoms with Crippen molar-refractivity contribution < 1.29 is 14.3 Å². The SMILES string of the molecule is Cc1cccc(OCC(=O)OCc2cc(=O)n3cc(Br)ccc3n2)c1. The van der Waals surface area contributed by atoms with Gasteiger partial charge in [0.15, 0.2) is 6.61 Å². The molecule has 2 heterocycles. The molecule has 1 aromatic carbocycles. The molecule has 3 aromatic rings. The summed E-state index contributed by atoms with van der Waals surface area (Å²) in [4.78, 5) is 28.2. The van der Waals surface area contributed by atoms with E-state index < -0.39 is 5.97 Å². The third kappa shape index (κ3) is 4.45. The molecule has 0 aliphatic carbocycles. The van der Waals surface area contributed by atoms with Gasteiger partial charge in [-0.05, 0) is 52.7 Å². The standard InChI is InChI=1S/C18H15BrN2O4/c1-12-3-2-4-15(7-12)24-11-18(23)25-10-14-8-17(22)21-9-13(19)5-6-16(21)20-14/h2-9H,10-11H2,1H3. The average molecular weight is 403 g/mol. The molecule has 0 saturated heterocycles. The molecule has 3 rings (SSSR count). The minimum Gasteiger partial charge on any atom is -0.482 e. The Morgan fingerprint density at radius 1 is 1.24 bits per heavy atom. The molecule has 0 spiro atoms. The van der Waals surface area contributed by atoms with Gasteiger partial charge in [-0.2, -0.15) is 0 Å². The van der Waals surface area contributed by atoms with Gasteiger partial charge in [0.25, 0.3) is 5.56 Å². The maximum atomic E-state index is 12.1. The van der Waals surface area contributed by atoms with Crippen LogP contribution in [-0.4, -0.2) is 22.0 Å². The summed E-state index contributed by atoms with van der Waals surface area (Å²) >= 11 is 3.31. The summed E-state index contributed by atoms with van der Waals surface area (Å²) in [6, 6.07) is 12.2. The number of pyridine rings is 1. The Labute approximate surface area is 152 Å². The summed E-state index contributed by atoms with van der Waals surface area (Å²) in [5.41, 5.74) is 1.67. The second-order valence-electron chi connectivity index (χ2n) is 5.43. The van der Waals surface area contributed by atoms with Gasteiger partial charge in [0, 0.05) is 16.7 Å². The van der Waals surface area contributed by atoms with Crippen LogP contribution in [0.2, 0.25) is 0 Å². The monoisotopic (exact) mass is 402 g/mol. The lowest BCUT2D eigenvalue weighted by molar-refractivity contribution is -0.147. The van der Waals surface area contributed by atoms with Crippen molar-refractivity contribution in [1.82, 2.24) is 9.38 Å². The number of hydrogen-bond donors (Lipinski definition) is 0. The average Bonchev–Trinajstić information content (AvgIpc) is 2.59. The Kier molecular flexibility index (Phi) is 5.14. The fourth-order valence-electron chi connectivity index (χ4n) is 2.24. The van der Waals surface area contributed by atoms with Crippen LogP contribution in [-0.2, 0) is 16.1 Å². The van der Waals surface area contributed by atoms with Gasteiger partial charge in [0.1, 0.15) is 18.0 Å². The molecular formula is C18H15BrN2O4. The van der Waals surface area contributed by atoms with Crippen LogP contribution in [0.1, 0.15) is 11.3 Å². The van der Waals surface area contributed by atoms with Crippen molar-refractivity contribution in [2.45, 2.75) is 13.5 Å². The molecule has 0 amide bonds. The van der Waals surface area contributed by atoms with E-state index >= 15 is 0 Å². The minimum absolute atomic E-state index is 0.0855. The summed E-state index contributed by atoms with van der Waals surface area (Å²) in [6.07, 6.45) is 1.64. The number of aromatic nitrogens is 2. The maximum Gasteiger partial charge on any atom is 0.344 e.